The molecule has 2 atom stereocenters. The van der Waals surface area contributed by atoms with Crippen LogP contribution in [0.15, 0.2) is 48.5 Å². The summed E-state index contributed by atoms with van der Waals surface area (Å²) in [4.78, 5) is 12.2. The third-order valence-corrected chi connectivity index (χ3v) is 4.51. The first-order valence-corrected chi connectivity index (χ1v) is 8.66. The van der Waals surface area contributed by atoms with Gasteiger partial charge in [0.05, 0.1) is 6.10 Å². The Bertz CT molecular complexity index is 721. The van der Waals surface area contributed by atoms with Gasteiger partial charge in [0, 0.05) is 22.8 Å². The van der Waals surface area contributed by atoms with Crippen LogP contribution in [0.5, 0.6) is 5.75 Å². The number of hydrogen-bond donors (Lipinski definition) is 2. The summed E-state index contributed by atoms with van der Waals surface area (Å²) in [7, 11) is 0. The molecule has 0 radical (unpaired) electrons. The van der Waals surface area contributed by atoms with Crippen molar-refractivity contribution in [1.82, 2.24) is 0 Å². The molecule has 132 valence electrons. The lowest BCUT2D eigenvalue weighted by Gasteiger charge is -2.13. The van der Waals surface area contributed by atoms with Gasteiger partial charge < -0.3 is 20.5 Å². The van der Waals surface area contributed by atoms with Gasteiger partial charge in [0.15, 0.2) is 0 Å². The second-order valence-electron chi connectivity index (χ2n) is 5.95. The molecule has 6 heteroatoms. The van der Waals surface area contributed by atoms with Crippen molar-refractivity contribution < 1.29 is 14.3 Å². The second kappa shape index (κ2) is 8.34. The fourth-order valence-electron chi connectivity index (χ4n) is 2.71. The van der Waals surface area contributed by atoms with E-state index in [-0.39, 0.29) is 12.0 Å². The van der Waals surface area contributed by atoms with Crippen LogP contribution in [0.25, 0.3) is 0 Å². The molecule has 3 N–H and O–H groups in total. The minimum atomic E-state index is -0.426. The van der Waals surface area contributed by atoms with Crippen LogP contribution in [0.3, 0.4) is 0 Å². The number of carbonyl (C=O) groups is 1. The van der Waals surface area contributed by atoms with Crippen molar-refractivity contribution in [2.45, 2.75) is 31.7 Å². The molecule has 2 aromatic carbocycles. The normalized spacial score (nSPS) is 19.6. The molecule has 1 fully saturated rings. The van der Waals surface area contributed by atoms with Crippen molar-refractivity contribution in [2.24, 2.45) is 5.73 Å². The van der Waals surface area contributed by atoms with E-state index in [2.05, 4.69) is 5.32 Å². The average Bonchev–Trinajstić information content (AvgIpc) is 3.12. The summed E-state index contributed by atoms with van der Waals surface area (Å²) in [6, 6.07) is 14.8. The zero-order chi connectivity index (χ0) is 17.6. The van der Waals surface area contributed by atoms with E-state index in [1.54, 1.807) is 12.1 Å². The first-order valence-electron chi connectivity index (χ1n) is 8.28. The van der Waals surface area contributed by atoms with Crippen LogP contribution < -0.4 is 15.8 Å². The van der Waals surface area contributed by atoms with Crippen molar-refractivity contribution in [2.75, 3.05) is 11.9 Å². The Morgan fingerprint density at radius 3 is 2.64 bits per heavy atom. The smallest absolute Gasteiger partial charge is 0.253 e. The number of hydrogen-bond acceptors (Lipinski definition) is 4. The van der Waals surface area contributed by atoms with Crippen LogP contribution in [-0.4, -0.2) is 24.7 Å². The number of anilines is 1. The monoisotopic (exact) mass is 360 g/mol. The average molecular weight is 361 g/mol. The summed E-state index contributed by atoms with van der Waals surface area (Å²) in [5.41, 5.74) is 7.20. The molecule has 1 heterocycles. The summed E-state index contributed by atoms with van der Waals surface area (Å²) >= 11 is 6.11. The van der Waals surface area contributed by atoms with Gasteiger partial charge in [0.1, 0.15) is 18.5 Å². The van der Waals surface area contributed by atoms with E-state index < -0.39 is 6.10 Å². The number of nitrogens with one attached hydrogen (secondary N) is 1. The van der Waals surface area contributed by atoms with Gasteiger partial charge in [-0.1, -0.05) is 29.8 Å². The largest absolute Gasteiger partial charge is 0.489 e. The topological polar surface area (TPSA) is 73.6 Å². The van der Waals surface area contributed by atoms with Gasteiger partial charge in [-0.25, -0.2) is 0 Å². The Balaban J connectivity index is 1.52. The lowest BCUT2D eigenvalue weighted by molar-refractivity contribution is -0.126. The highest BCUT2D eigenvalue weighted by Gasteiger charge is 2.29. The van der Waals surface area contributed by atoms with E-state index in [1.807, 2.05) is 36.4 Å². The minimum Gasteiger partial charge on any atom is -0.489 e. The van der Waals surface area contributed by atoms with E-state index in [9.17, 15) is 4.79 Å². The first kappa shape index (κ1) is 17.7. The molecule has 3 rings (SSSR count). The highest BCUT2D eigenvalue weighted by Crippen LogP contribution is 2.22. The minimum absolute atomic E-state index is 0.0173. The van der Waals surface area contributed by atoms with Crippen LogP contribution in [0.1, 0.15) is 18.4 Å². The lowest BCUT2D eigenvalue weighted by atomic mass is 10.2. The maximum atomic E-state index is 12.2. The summed E-state index contributed by atoms with van der Waals surface area (Å²) in [5, 5.41) is 3.54. The van der Waals surface area contributed by atoms with Crippen molar-refractivity contribution in [1.29, 1.82) is 0 Å². The van der Waals surface area contributed by atoms with Gasteiger partial charge >= 0.3 is 0 Å². The molecule has 2 aromatic rings. The Morgan fingerprint density at radius 2 is 1.96 bits per heavy atom. The predicted molar refractivity (Wildman–Crippen MR) is 97.8 cm³/mol. The molecule has 1 saturated heterocycles. The first-order chi connectivity index (χ1) is 12.2. The van der Waals surface area contributed by atoms with E-state index in [1.165, 1.54) is 0 Å². The van der Waals surface area contributed by atoms with Crippen LogP contribution >= 0.6 is 11.6 Å². The number of carbonyl (C=O) groups excluding carboxylic acids is 1. The molecule has 0 aromatic heterocycles. The van der Waals surface area contributed by atoms with E-state index in [0.717, 1.165) is 12.0 Å². The molecule has 0 bridgehead atoms. The number of nitrogens with two attached hydrogens (primary N) is 1. The molecule has 1 aliphatic heterocycles. The summed E-state index contributed by atoms with van der Waals surface area (Å²) in [6.07, 6.45) is 1.08. The molecule has 1 amide bonds. The Labute approximate surface area is 152 Å². The van der Waals surface area contributed by atoms with Crippen molar-refractivity contribution in [3.8, 4) is 5.75 Å². The van der Waals surface area contributed by atoms with Crippen LogP contribution in [0.2, 0.25) is 5.02 Å². The Morgan fingerprint density at radius 1 is 1.20 bits per heavy atom. The van der Waals surface area contributed by atoms with Gasteiger partial charge in [0.2, 0.25) is 0 Å². The van der Waals surface area contributed by atoms with Gasteiger partial charge in [-0.2, -0.15) is 0 Å². The van der Waals surface area contributed by atoms with Crippen molar-refractivity contribution >= 4 is 23.2 Å². The van der Waals surface area contributed by atoms with Crippen LogP contribution in [0.4, 0.5) is 5.69 Å². The fourth-order valence-corrected chi connectivity index (χ4v) is 2.90. The molecule has 0 aliphatic carbocycles. The molecule has 0 saturated carbocycles. The molecule has 25 heavy (non-hydrogen) atoms. The molecular formula is C19H21ClN2O3. The zero-order valence-electron chi connectivity index (χ0n) is 13.8. The predicted octanol–water partition coefficient (Wildman–Crippen LogP) is 3.36. The molecule has 0 spiro atoms. The van der Waals surface area contributed by atoms with Gasteiger partial charge in [-0.3, -0.25) is 4.79 Å². The maximum Gasteiger partial charge on any atom is 0.253 e. The van der Waals surface area contributed by atoms with E-state index in [4.69, 9.17) is 26.8 Å². The van der Waals surface area contributed by atoms with Gasteiger partial charge in [0.25, 0.3) is 5.91 Å². The quantitative estimate of drug-likeness (QED) is 0.828. The van der Waals surface area contributed by atoms with E-state index >= 15 is 0 Å². The zero-order valence-corrected chi connectivity index (χ0v) is 14.5. The third kappa shape index (κ3) is 4.72. The van der Waals surface area contributed by atoms with Gasteiger partial charge in [-0.05, 0) is 43.2 Å². The summed E-state index contributed by atoms with van der Waals surface area (Å²) in [5.74, 6) is 0.568. The van der Waals surface area contributed by atoms with Crippen molar-refractivity contribution in [3.05, 3.63) is 59.1 Å². The van der Waals surface area contributed by atoms with E-state index in [0.29, 0.717) is 36.0 Å². The standard InChI is InChI=1S/C19H21ClN2O3/c20-17-4-2-1-3-13(17)12-24-15-7-5-14(6-8-15)22-19(23)18-10-9-16(11-21)25-18/h1-8,16,18H,9-12,21H2,(H,22,23)/t16-,18+/m1/s1. The maximum absolute atomic E-state index is 12.2. The molecular weight excluding hydrogens is 340 g/mol. The third-order valence-electron chi connectivity index (χ3n) is 4.14. The molecule has 5 nitrogen and oxygen atoms in total. The Kier molecular flexibility index (Phi) is 5.91. The van der Waals surface area contributed by atoms with Gasteiger partial charge in [-0.15, -0.1) is 0 Å². The lowest BCUT2D eigenvalue weighted by Crippen LogP contribution is -2.29. The highest BCUT2D eigenvalue weighted by molar-refractivity contribution is 6.31. The fraction of sp³-hybridized carbons (Fsp3) is 0.316. The van der Waals surface area contributed by atoms with Crippen LogP contribution in [0, 0.1) is 0 Å². The number of ether oxygens (including phenoxy) is 2. The summed E-state index contributed by atoms with van der Waals surface area (Å²) in [6.45, 7) is 0.836. The number of rotatable bonds is 6. The number of halogens is 1. The molecule has 1 aliphatic rings. The SMILES string of the molecule is NC[C@H]1CC[C@@H](C(=O)Nc2ccc(OCc3ccccc3Cl)cc2)O1. The highest BCUT2D eigenvalue weighted by atomic mass is 35.5. The number of benzene rings is 2. The van der Waals surface area contributed by atoms with Crippen molar-refractivity contribution in [3.63, 3.8) is 0 Å². The summed E-state index contributed by atoms with van der Waals surface area (Å²) < 4.78 is 11.3. The molecule has 0 unspecified atom stereocenters. The Hall–Kier alpha value is -2.08. The second-order valence-corrected chi connectivity index (χ2v) is 6.36. The number of amides is 1. The van der Waals surface area contributed by atoms with Crippen LogP contribution in [-0.2, 0) is 16.1 Å².